The number of nitrogens with zero attached hydrogens (tertiary/aromatic N) is 2. The van der Waals surface area contributed by atoms with Gasteiger partial charge in [0.05, 0.1) is 16.0 Å². The Balaban J connectivity index is 0.000000827. The van der Waals surface area contributed by atoms with Crippen molar-refractivity contribution in [1.29, 1.82) is 0 Å². The van der Waals surface area contributed by atoms with Crippen molar-refractivity contribution in [2.24, 2.45) is 0 Å². The fourth-order valence-electron chi connectivity index (χ4n) is 2.75. The molecule has 0 radical (unpaired) electrons. The summed E-state index contributed by atoms with van der Waals surface area (Å²) in [4.78, 5) is 54.9. The number of hydrogen-bond donors (Lipinski definition) is 4. The summed E-state index contributed by atoms with van der Waals surface area (Å²) in [5.74, 6) is 0. The number of hydrogen-bond acceptors (Lipinski definition) is 6. The predicted octanol–water partition coefficient (Wildman–Crippen LogP) is 1.96. The van der Waals surface area contributed by atoms with E-state index in [0.29, 0.717) is 24.2 Å². The fourth-order valence-corrected chi connectivity index (χ4v) is 2.75. The number of aromatic amines is 2. The van der Waals surface area contributed by atoms with Gasteiger partial charge in [0.2, 0.25) is 0 Å². The molecule has 3 aromatic rings. The Morgan fingerprint density at radius 3 is 2.20 bits per heavy atom. The molecule has 0 unspecified atom stereocenters. The van der Waals surface area contributed by atoms with Gasteiger partial charge in [-0.3, -0.25) is 24.6 Å². The van der Waals surface area contributed by atoms with Gasteiger partial charge in [-0.05, 0) is 18.2 Å². The topological polar surface area (TPSA) is 170 Å². The first-order valence-corrected chi connectivity index (χ1v) is 9.35. The highest BCUT2D eigenvalue weighted by Crippen LogP contribution is 2.23. The third kappa shape index (κ3) is 7.25. The van der Waals surface area contributed by atoms with Crippen LogP contribution in [0.4, 0.5) is 5.69 Å². The monoisotopic (exact) mass is 501 g/mol. The molecule has 13 heteroatoms. The largest absolute Gasteiger partial charge is 0.692 e. The van der Waals surface area contributed by atoms with E-state index in [0.717, 1.165) is 5.56 Å². The SMILES string of the molecule is Br.CN(Cc1ccccc1)Cc1cc([N+](=O)[O-])cc2[nH]c(=O)c(=O)[nH]c12.O=[P+](O)O. The molecule has 1 aromatic heterocycles. The summed E-state index contributed by atoms with van der Waals surface area (Å²) < 4.78 is 8.70. The molecular weight excluding hydrogens is 483 g/mol. The van der Waals surface area contributed by atoms with Crippen LogP contribution < -0.4 is 11.1 Å². The van der Waals surface area contributed by atoms with Crippen LogP contribution in [-0.4, -0.2) is 36.6 Å². The third-order valence-corrected chi connectivity index (χ3v) is 3.84. The van der Waals surface area contributed by atoms with Crippen LogP contribution in [0.2, 0.25) is 0 Å². The van der Waals surface area contributed by atoms with Crippen molar-refractivity contribution < 1.29 is 19.3 Å². The van der Waals surface area contributed by atoms with Crippen LogP contribution in [0.15, 0.2) is 52.1 Å². The molecule has 11 nitrogen and oxygen atoms in total. The van der Waals surface area contributed by atoms with Gasteiger partial charge in [-0.1, -0.05) is 30.3 Å². The quantitative estimate of drug-likeness (QED) is 0.178. The number of aromatic nitrogens is 2. The van der Waals surface area contributed by atoms with E-state index in [1.165, 1.54) is 12.1 Å². The van der Waals surface area contributed by atoms with Gasteiger partial charge in [0, 0.05) is 29.8 Å². The molecule has 0 amide bonds. The van der Waals surface area contributed by atoms with E-state index in [-0.39, 0.29) is 28.2 Å². The van der Waals surface area contributed by atoms with E-state index in [4.69, 9.17) is 14.4 Å². The number of rotatable bonds is 5. The first-order chi connectivity index (χ1) is 13.7. The Morgan fingerprint density at radius 1 is 1.07 bits per heavy atom. The molecule has 2 aromatic carbocycles. The van der Waals surface area contributed by atoms with Crippen LogP contribution in [0.1, 0.15) is 11.1 Å². The van der Waals surface area contributed by atoms with Crippen LogP contribution >= 0.6 is 25.2 Å². The zero-order valence-electron chi connectivity index (χ0n) is 15.6. The van der Waals surface area contributed by atoms with Crippen LogP contribution in [-0.2, 0) is 17.7 Å². The molecule has 3 rings (SSSR count). The van der Waals surface area contributed by atoms with Gasteiger partial charge in [-0.25, -0.2) is 0 Å². The molecule has 1 heterocycles. The van der Waals surface area contributed by atoms with Gasteiger partial charge in [0.15, 0.2) is 0 Å². The second-order valence-electron chi connectivity index (χ2n) is 6.10. The van der Waals surface area contributed by atoms with Crippen molar-refractivity contribution in [3.05, 3.63) is 84.4 Å². The third-order valence-electron chi connectivity index (χ3n) is 3.84. The van der Waals surface area contributed by atoms with Crippen LogP contribution in [0.3, 0.4) is 0 Å². The average Bonchev–Trinajstić information content (AvgIpc) is 2.63. The zero-order valence-corrected chi connectivity index (χ0v) is 18.2. The van der Waals surface area contributed by atoms with Gasteiger partial charge in [-0.15, -0.1) is 26.8 Å². The lowest BCUT2D eigenvalue weighted by atomic mass is 10.1. The lowest BCUT2D eigenvalue weighted by Crippen LogP contribution is -2.29. The molecule has 160 valence electrons. The van der Waals surface area contributed by atoms with Gasteiger partial charge in [0.1, 0.15) is 0 Å². The summed E-state index contributed by atoms with van der Waals surface area (Å²) in [6, 6.07) is 12.4. The number of nitro groups is 1. The second kappa shape index (κ2) is 11.4. The van der Waals surface area contributed by atoms with Gasteiger partial charge in [0.25, 0.3) is 5.69 Å². The minimum Gasteiger partial charge on any atom is -0.316 e. The molecule has 0 atom stereocenters. The number of nitrogens with one attached hydrogen (secondary N) is 2. The van der Waals surface area contributed by atoms with E-state index >= 15 is 0 Å². The van der Waals surface area contributed by atoms with E-state index in [1.807, 2.05) is 42.3 Å². The highest BCUT2D eigenvalue weighted by Gasteiger charge is 2.15. The lowest BCUT2D eigenvalue weighted by Gasteiger charge is -2.17. The standard InChI is InChI=1S/C17H16N4O4.BrH.HO3P/c1-20(9-11-5-3-2-4-6-11)10-12-7-13(21(24)25)8-14-15(12)19-17(23)16(22)18-14;;1-4(2)3/h2-8H,9-10H2,1H3,(H,18,22)(H,19,23);1H;(H-,1,2,3)/p+1. The summed E-state index contributed by atoms with van der Waals surface area (Å²) in [5, 5.41) is 11.2. The molecule has 0 spiro atoms. The number of nitro benzene ring substituents is 1. The summed E-state index contributed by atoms with van der Waals surface area (Å²) in [6.45, 7) is 1.01. The van der Waals surface area contributed by atoms with Gasteiger partial charge >= 0.3 is 19.4 Å². The van der Waals surface area contributed by atoms with E-state index in [2.05, 4.69) is 9.97 Å². The van der Waals surface area contributed by atoms with Crippen molar-refractivity contribution in [3.63, 3.8) is 0 Å². The average molecular weight is 502 g/mol. The van der Waals surface area contributed by atoms with Crippen LogP contribution in [0.25, 0.3) is 11.0 Å². The summed E-state index contributed by atoms with van der Waals surface area (Å²) in [7, 11) is -0.994. The normalized spacial score (nSPS) is 10.1. The maximum Gasteiger partial charge on any atom is 0.692 e. The lowest BCUT2D eigenvalue weighted by molar-refractivity contribution is -0.384. The van der Waals surface area contributed by atoms with Crippen molar-refractivity contribution in [2.45, 2.75) is 13.1 Å². The second-order valence-corrected chi connectivity index (χ2v) is 6.61. The number of non-ortho nitro benzene ring substituents is 1. The number of fused-ring (bicyclic) bond motifs is 1. The molecule has 0 aliphatic rings. The summed E-state index contributed by atoms with van der Waals surface area (Å²) >= 11 is 0. The first-order valence-electron chi connectivity index (χ1n) is 8.18. The minimum absolute atomic E-state index is 0. The molecule has 0 saturated carbocycles. The van der Waals surface area contributed by atoms with E-state index in [9.17, 15) is 19.7 Å². The molecular formula is C17H19BrN4O7P+. The van der Waals surface area contributed by atoms with Gasteiger partial charge in [-0.2, -0.15) is 0 Å². The highest BCUT2D eigenvalue weighted by molar-refractivity contribution is 8.93. The minimum atomic E-state index is -2.87. The maximum absolute atomic E-state index is 11.6. The van der Waals surface area contributed by atoms with E-state index < -0.39 is 24.3 Å². The maximum atomic E-state index is 11.6. The van der Waals surface area contributed by atoms with Crippen molar-refractivity contribution in [1.82, 2.24) is 14.9 Å². The van der Waals surface area contributed by atoms with Gasteiger partial charge < -0.3 is 9.97 Å². The number of halogens is 1. The molecule has 0 fully saturated rings. The van der Waals surface area contributed by atoms with Crippen LogP contribution in [0.5, 0.6) is 0 Å². The molecule has 0 aliphatic carbocycles. The smallest absolute Gasteiger partial charge is 0.316 e. The summed E-state index contributed by atoms with van der Waals surface area (Å²) in [5.41, 5.74) is 0.540. The predicted molar refractivity (Wildman–Crippen MR) is 116 cm³/mol. The highest BCUT2D eigenvalue weighted by atomic mass is 79.9. The zero-order chi connectivity index (χ0) is 21.6. The number of benzene rings is 2. The molecule has 0 saturated heterocycles. The fraction of sp³-hybridized carbons (Fsp3) is 0.176. The number of H-pyrrole nitrogens is 2. The Labute approximate surface area is 180 Å². The Bertz CT molecular complexity index is 1150. The Hall–Kier alpha value is -2.76. The van der Waals surface area contributed by atoms with Crippen molar-refractivity contribution >= 4 is 42.0 Å². The van der Waals surface area contributed by atoms with E-state index in [1.54, 1.807) is 0 Å². The van der Waals surface area contributed by atoms with Crippen LogP contribution in [0, 0.1) is 10.1 Å². The van der Waals surface area contributed by atoms with Crippen molar-refractivity contribution in [3.8, 4) is 0 Å². The molecule has 0 aliphatic heterocycles. The summed E-state index contributed by atoms with van der Waals surface area (Å²) in [6.07, 6.45) is 0. The molecule has 4 N–H and O–H groups in total. The Kier molecular flexibility index (Phi) is 9.63. The first kappa shape index (κ1) is 25.3. The molecule has 0 bridgehead atoms. The Morgan fingerprint density at radius 2 is 1.63 bits per heavy atom. The van der Waals surface area contributed by atoms with Crippen molar-refractivity contribution in [2.75, 3.05) is 7.05 Å². The molecule has 30 heavy (non-hydrogen) atoms.